The molecule has 1 aliphatic rings. The quantitative estimate of drug-likeness (QED) is 0.750. The lowest BCUT2D eigenvalue weighted by Crippen LogP contribution is -2.26. The Hall–Kier alpha value is -1.36. The van der Waals surface area contributed by atoms with Gasteiger partial charge >= 0.3 is 0 Å². The number of fused-ring (bicyclic) bond motifs is 1. The number of nitrogens with two attached hydrogens (primary N) is 1. The molecule has 0 saturated heterocycles. The molecule has 1 amide bonds. The fourth-order valence-electron chi connectivity index (χ4n) is 2.26. The number of carbonyl (C=O) groups is 1. The van der Waals surface area contributed by atoms with Gasteiger partial charge in [0, 0.05) is 38.4 Å². The Morgan fingerprint density at radius 3 is 2.88 bits per heavy atom. The van der Waals surface area contributed by atoms with Gasteiger partial charge in [-0.15, -0.1) is 0 Å². The highest BCUT2D eigenvalue weighted by molar-refractivity contribution is 5.94. The lowest BCUT2D eigenvalue weighted by molar-refractivity contribution is 0.0819. The summed E-state index contributed by atoms with van der Waals surface area (Å²) in [4.78, 5) is 13.5. The highest BCUT2D eigenvalue weighted by Crippen LogP contribution is 2.30. The van der Waals surface area contributed by atoms with Gasteiger partial charge in [0.2, 0.25) is 0 Å². The fraction of sp³-hybridized carbons (Fsp3) is 0.636. The summed E-state index contributed by atoms with van der Waals surface area (Å²) in [6.45, 7) is 0. The number of aryl methyl sites for hydroxylation is 1. The molecule has 0 bridgehead atoms. The number of carbonyl (C=O) groups excluding carboxylic acids is 1. The molecule has 1 aromatic heterocycles. The van der Waals surface area contributed by atoms with Crippen molar-refractivity contribution in [2.75, 3.05) is 14.1 Å². The average molecular weight is 222 g/mol. The lowest BCUT2D eigenvalue weighted by Gasteiger charge is -2.20. The smallest absolute Gasteiger partial charge is 0.274 e. The molecular formula is C11H18N4O. The molecule has 0 radical (unpaired) electrons. The maximum atomic E-state index is 12.0. The summed E-state index contributed by atoms with van der Waals surface area (Å²) in [5, 5.41) is 4.31. The van der Waals surface area contributed by atoms with Crippen molar-refractivity contribution in [1.82, 2.24) is 14.7 Å². The summed E-state index contributed by atoms with van der Waals surface area (Å²) < 4.78 is 1.80. The van der Waals surface area contributed by atoms with Gasteiger partial charge < -0.3 is 10.6 Å². The van der Waals surface area contributed by atoms with Gasteiger partial charge in [0.15, 0.2) is 5.69 Å². The van der Waals surface area contributed by atoms with Crippen molar-refractivity contribution in [3.05, 3.63) is 17.0 Å². The van der Waals surface area contributed by atoms with Crippen LogP contribution in [0.2, 0.25) is 0 Å². The van der Waals surface area contributed by atoms with Gasteiger partial charge in [-0.1, -0.05) is 0 Å². The maximum absolute atomic E-state index is 12.0. The van der Waals surface area contributed by atoms with E-state index in [9.17, 15) is 4.79 Å². The average Bonchev–Trinajstić information content (AvgIpc) is 2.57. The Morgan fingerprint density at radius 1 is 1.56 bits per heavy atom. The summed E-state index contributed by atoms with van der Waals surface area (Å²) in [5.41, 5.74) is 8.66. The van der Waals surface area contributed by atoms with Gasteiger partial charge in [-0.2, -0.15) is 5.10 Å². The molecule has 88 valence electrons. The van der Waals surface area contributed by atoms with Crippen molar-refractivity contribution >= 4 is 5.91 Å². The van der Waals surface area contributed by atoms with E-state index in [-0.39, 0.29) is 11.9 Å². The van der Waals surface area contributed by atoms with E-state index in [1.807, 2.05) is 7.05 Å². The highest BCUT2D eigenvalue weighted by atomic mass is 16.2. The molecule has 0 saturated carbocycles. The van der Waals surface area contributed by atoms with Crippen LogP contribution in [0.15, 0.2) is 0 Å². The Bertz CT molecular complexity index is 422. The zero-order valence-electron chi connectivity index (χ0n) is 10.0. The van der Waals surface area contributed by atoms with Crippen LogP contribution in [0, 0.1) is 0 Å². The van der Waals surface area contributed by atoms with E-state index in [0.29, 0.717) is 5.69 Å². The molecule has 1 atom stereocenters. The van der Waals surface area contributed by atoms with E-state index in [0.717, 1.165) is 30.5 Å². The van der Waals surface area contributed by atoms with Crippen LogP contribution in [0.1, 0.15) is 40.6 Å². The first-order valence-electron chi connectivity index (χ1n) is 5.55. The van der Waals surface area contributed by atoms with Crippen molar-refractivity contribution < 1.29 is 4.79 Å². The molecule has 2 N–H and O–H groups in total. The van der Waals surface area contributed by atoms with E-state index in [1.54, 1.807) is 23.7 Å². The maximum Gasteiger partial charge on any atom is 0.274 e. The van der Waals surface area contributed by atoms with E-state index < -0.39 is 0 Å². The molecule has 1 unspecified atom stereocenters. The number of aromatic nitrogens is 2. The summed E-state index contributed by atoms with van der Waals surface area (Å²) in [7, 11) is 5.35. The first kappa shape index (κ1) is 11.1. The molecule has 0 fully saturated rings. The number of hydrogen-bond donors (Lipinski definition) is 1. The SMILES string of the molecule is CN(C)C(=O)c1nn(C)c2c1C(N)CCC2. The van der Waals surface area contributed by atoms with Gasteiger partial charge in [-0.25, -0.2) is 0 Å². The van der Waals surface area contributed by atoms with E-state index >= 15 is 0 Å². The Morgan fingerprint density at radius 2 is 2.25 bits per heavy atom. The van der Waals surface area contributed by atoms with Crippen LogP contribution >= 0.6 is 0 Å². The zero-order valence-corrected chi connectivity index (χ0v) is 10.0. The van der Waals surface area contributed by atoms with Crippen LogP contribution < -0.4 is 5.73 Å². The minimum Gasteiger partial charge on any atom is -0.343 e. The number of hydrogen-bond acceptors (Lipinski definition) is 3. The molecule has 5 nitrogen and oxygen atoms in total. The molecular weight excluding hydrogens is 204 g/mol. The fourth-order valence-corrected chi connectivity index (χ4v) is 2.26. The van der Waals surface area contributed by atoms with Crippen molar-refractivity contribution in [1.29, 1.82) is 0 Å². The predicted molar refractivity (Wildman–Crippen MR) is 61.1 cm³/mol. The Balaban J connectivity index is 2.51. The van der Waals surface area contributed by atoms with Crippen LogP contribution in [-0.4, -0.2) is 34.7 Å². The molecule has 1 heterocycles. The van der Waals surface area contributed by atoms with Crippen LogP contribution in [0.3, 0.4) is 0 Å². The van der Waals surface area contributed by atoms with E-state index in [4.69, 9.17) is 5.73 Å². The summed E-state index contributed by atoms with van der Waals surface area (Å²) in [6, 6.07) is -0.0450. The molecule has 2 rings (SSSR count). The van der Waals surface area contributed by atoms with Gasteiger partial charge in [-0.3, -0.25) is 9.48 Å². The first-order chi connectivity index (χ1) is 7.52. The standard InChI is InChI=1S/C11H18N4O/c1-14(2)11(16)10-9-7(12)5-4-6-8(9)15(3)13-10/h7H,4-6,12H2,1-3H3. The Labute approximate surface area is 95.2 Å². The van der Waals surface area contributed by atoms with Crippen molar-refractivity contribution in [2.24, 2.45) is 12.8 Å². The zero-order chi connectivity index (χ0) is 11.9. The monoisotopic (exact) mass is 222 g/mol. The normalized spacial score (nSPS) is 19.4. The highest BCUT2D eigenvalue weighted by Gasteiger charge is 2.29. The second-order valence-corrected chi connectivity index (χ2v) is 4.53. The van der Waals surface area contributed by atoms with Crippen LogP contribution in [0.4, 0.5) is 0 Å². The third kappa shape index (κ3) is 1.61. The summed E-state index contributed by atoms with van der Waals surface area (Å²) in [5.74, 6) is -0.0609. The summed E-state index contributed by atoms with van der Waals surface area (Å²) >= 11 is 0. The van der Waals surface area contributed by atoms with Crippen LogP contribution in [0.5, 0.6) is 0 Å². The molecule has 0 spiro atoms. The summed E-state index contributed by atoms with van der Waals surface area (Å²) in [6.07, 6.45) is 2.98. The molecule has 5 heteroatoms. The molecule has 0 aliphatic heterocycles. The second-order valence-electron chi connectivity index (χ2n) is 4.53. The van der Waals surface area contributed by atoms with Gasteiger partial charge in [0.1, 0.15) is 0 Å². The van der Waals surface area contributed by atoms with Gasteiger partial charge in [-0.05, 0) is 19.3 Å². The van der Waals surface area contributed by atoms with E-state index in [1.165, 1.54) is 0 Å². The van der Waals surface area contributed by atoms with Gasteiger partial charge in [0.05, 0.1) is 0 Å². The minimum atomic E-state index is -0.0609. The number of rotatable bonds is 1. The number of nitrogens with zero attached hydrogens (tertiary/aromatic N) is 3. The molecule has 16 heavy (non-hydrogen) atoms. The first-order valence-corrected chi connectivity index (χ1v) is 5.55. The van der Waals surface area contributed by atoms with E-state index in [2.05, 4.69) is 5.10 Å². The van der Waals surface area contributed by atoms with Gasteiger partial charge in [0.25, 0.3) is 5.91 Å². The third-order valence-electron chi connectivity index (χ3n) is 3.11. The second kappa shape index (κ2) is 3.90. The predicted octanol–water partition coefficient (Wildman–Crippen LogP) is 0.458. The topological polar surface area (TPSA) is 64.2 Å². The largest absolute Gasteiger partial charge is 0.343 e. The van der Waals surface area contributed by atoms with Crippen molar-refractivity contribution in [3.63, 3.8) is 0 Å². The number of amides is 1. The minimum absolute atomic E-state index is 0.0450. The van der Waals surface area contributed by atoms with Crippen molar-refractivity contribution in [3.8, 4) is 0 Å². The molecule has 1 aliphatic carbocycles. The van der Waals surface area contributed by atoms with Crippen LogP contribution in [0.25, 0.3) is 0 Å². The Kier molecular flexibility index (Phi) is 2.71. The van der Waals surface area contributed by atoms with Crippen LogP contribution in [-0.2, 0) is 13.5 Å². The lowest BCUT2D eigenvalue weighted by atomic mass is 9.91. The molecule has 0 aromatic carbocycles. The third-order valence-corrected chi connectivity index (χ3v) is 3.11. The van der Waals surface area contributed by atoms with Crippen molar-refractivity contribution in [2.45, 2.75) is 25.3 Å². The molecule has 1 aromatic rings.